The van der Waals surface area contributed by atoms with E-state index in [1.807, 2.05) is 78.9 Å². The molecule has 0 fully saturated rings. The van der Waals surface area contributed by atoms with Gasteiger partial charge in [0.15, 0.2) is 0 Å². The molecule has 3 aromatic carbocycles. The number of hydrogen-bond acceptors (Lipinski definition) is 6. The van der Waals surface area contributed by atoms with Gasteiger partial charge in [0.25, 0.3) is 0 Å². The fourth-order valence-corrected chi connectivity index (χ4v) is 6.41. The van der Waals surface area contributed by atoms with Crippen LogP contribution >= 0.6 is 11.8 Å². The zero-order valence-electron chi connectivity index (χ0n) is 23.9. The molecule has 5 aromatic rings. The molecule has 0 spiro atoms. The molecule has 8 nitrogen and oxygen atoms in total. The Hall–Kier alpha value is -4.89. The van der Waals surface area contributed by atoms with Crippen molar-refractivity contribution in [3.05, 3.63) is 126 Å². The van der Waals surface area contributed by atoms with Crippen molar-refractivity contribution in [2.45, 2.75) is 18.7 Å². The summed E-state index contributed by atoms with van der Waals surface area (Å²) in [5, 5.41) is 7.88. The van der Waals surface area contributed by atoms with Crippen LogP contribution in [0.15, 0.2) is 103 Å². The van der Waals surface area contributed by atoms with Crippen LogP contribution in [0, 0.1) is 6.92 Å². The van der Waals surface area contributed by atoms with Gasteiger partial charge < -0.3 is 10.1 Å². The largest absolute Gasteiger partial charge is 0.497 e. The highest BCUT2D eigenvalue weighted by atomic mass is 32.2. The first-order valence-corrected chi connectivity index (χ1v) is 15.0. The fraction of sp³-hybridized carbons (Fsp3) is 0.176. The molecule has 0 saturated heterocycles. The van der Waals surface area contributed by atoms with E-state index in [1.165, 1.54) is 0 Å². The first-order chi connectivity index (χ1) is 21.0. The van der Waals surface area contributed by atoms with Crippen molar-refractivity contribution in [2.75, 3.05) is 24.3 Å². The van der Waals surface area contributed by atoms with Gasteiger partial charge in [-0.3, -0.25) is 19.5 Å². The predicted octanol–water partition coefficient (Wildman–Crippen LogP) is 5.74. The smallest absolute Gasteiger partial charge is 0.240 e. The second-order valence-electron chi connectivity index (χ2n) is 10.2. The number of aromatic nitrogens is 3. The number of rotatable bonds is 8. The maximum Gasteiger partial charge on any atom is 0.240 e. The minimum Gasteiger partial charge on any atom is -0.497 e. The number of pyridine rings is 1. The molecule has 1 aliphatic rings. The van der Waals surface area contributed by atoms with Gasteiger partial charge in [-0.15, -0.1) is 11.8 Å². The van der Waals surface area contributed by atoms with Crippen LogP contribution in [-0.2, 0) is 16.1 Å². The first kappa shape index (κ1) is 28.2. The molecule has 3 heterocycles. The Morgan fingerprint density at radius 2 is 1.79 bits per heavy atom. The van der Waals surface area contributed by atoms with Crippen LogP contribution in [0.2, 0.25) is 0 Å². The number of amides is 2. The normalized spacial score (nSPS) is 14.6. The summed E-state index contributed by atoms with van der Waals surface area (Å²) in [6, 6.07) is 31.4. The lowest BCUT2D eigenvalue weighted by Gasteiger charge is -2.23. The lowest BCUT2D eigenvalue weighted by molar-refractivity contribution is -0.123. The number of carbonyl (C=O) groups is 2. The third-order valence-electron chi connectivity index (χ3n) is 7.29. The Kier molecular flexibility index (Phi) is 8.24. The summed E-state index contributed by atoms with van der Waals surface area (Å²) in [6.07, 6.45) is 1.69. The van der Waals surface area contributed by atoms with E-state index >= 15 is 0 Å². The molecule has 1 N–H and O–H groups in total. The molecule has 0 saturated carbocycles. The number of benzene rings is 3. The third-order valence-corrected chi connectivity index (χ3v) is 8.55. The van der Waals surface area contributed by atoms with E-state index in [0.29, 0.717) is 11.6 Å². The summed E-state index contributed by atoms with van der Waals surface area (Å²) in [5.74, 6) is 1.05. The summed E-state index contributed by atoms with van der Waals surface area (Å²) < 4.78 is 7.18. The molecule has 1 atom stereocenters. The maximum absolute atomic E-state index is 13.9. The van der Waals surface area contributed by atoms with Gasteiger partial charge in [-0.2, -0.15) is 5.10 Å². The van der Waals surface area contributed by atoms with Gasteiger partial charge in [-0.05, 0) is 48.9 Å². The van der Waals surface area contributed by atoms with Crippen molar-refractivity contribution in [3.8, 4) is 22.7 Å². The van der Waals surface area contributed by atoms with Crippen LogP contribution in [0.3, 0.4) is 0 Å². The number of nitrogens with zero attached hydrogens (tertiary/aromatic N) is 4. The van der Waals surface area contributed by atoms with Crippen molar-refractivity contribution in [1.29, 1.82) is 0 Å². The minimum atomic E-state index is -0.285. The van der Waals surface area contributed by atoms with E-state index in [1.54, 1.807) is 34.7 Å². The summed E-state index contributed by atoms with van der Waals surface area (Å²) in [6.45, 7) is 2.17. The SMILES string of the molecule is COc1ccc(-n2nc(-c3ccccc3)c3c2N(CC(=O)NCc2ccccn2)C(=O)CS[C@@H]3c2cccc(C)c2)cc1. The second-order valence-corrected chi connectivity index (χ2v) is 11.3. The van der Waals surface area contributed by atoms with E-state index < -0.39 is 0 Å². The molecule has 0 bridgehead atoms. The molecule has 0 unspecified atom stereocenters. The number of ether oxygens (including phenoxy) is 1. The van der Waals surface area contributed by atoms with Crippen molar-refractivity contribution in [2.24, 2.45) is 0 Å². The monoisotopic (exact) mass is 589 g/mol. The van der Waals surface area contributed by atoms with Gasteiger partial charge in [0, 0.05) is 17.3 Å². The standard InChI is InChI=1S/C34H31N5O3S/c1-23-9-8-12-25(19-23)33-31-32(24-10-4-3-5-11-24)37-39(27-14-16-28(42-2)17-15-27)34(31)38(30(41)22-43-33)21-29(40)36-20-26-13-6-7-18-35-26/h3-19,33H,20-22H2,1-2H3,(H,36,40)/t33-/m1/s1. The molecule has 2 amide bonds. The Morgan fingerprint density at radius 1 is 1.00 bits per heavy atom. The quantitative estimate of drug-likeness (QED) is 0.249. The van der Waals surface area contributed by atoms with Gasteiger partial charge in [-0.1, -0.05) is 66.2 Å². The third kappa shape index (κ3) is 6.03. The van der Waals surface area contributed by atoms with Crippen molar-refractivity contribution in [3.63, 3.8) is 0 Å². The van der Waals surface area contributed by atoms with E-state index in [4.69, 9.17) is 9.84 Å². The van der Waals surface area contributed by atoms with Gasteiger partial charge in [0.2, 0.25) is 11.8 Å². The van der Waals surface area contributed by atoms with Crippen LogP contribution in [0.1, 0.15) is 27.6 Å². The molecule has 9 heteroatoms. The second kappa shape index (κ2) is 12.5. The van der Waals surface area contributed by atoms with E-state index in [0.717, 1.165) is 39.3 Å². The highest BCUT2D eigenvalue weighted by molar-refractivity contribution is 8.00. The summed E-state index contributed by atoms with van der Waals surface area (Å²) >= 11 is 1.55. The maximum atomic E-state index is 13.9. The van der Waals surface area contributed by atoms with Crippen molar-refractivity contribution < 1.29 is 14.3 Å². The number of hydrogen-bond donors (Lipinski definition) is 1. The predicted molar refractivity (Wildman–Crippen MR) is 169 cm³/mol. The molecule has 2 aromatic heterocycles. The molecule has 1 aliphatic heterocycles. The number of anilines is 1. The molecular formula is C34H31N5O3S. The highest BCUT2D eigenvalue weighted by Crippen LogP contribution is 2.48. The molecule has 0 aliphatic carbocycles. The zero-order valence-corrected chi connectivity index (χ0v) is 24.8. The van der Waals surface area contributed by atoms with E-state index in [-0.39, 0.29) is 35.9 Å². The number of nitrogens with one attached hydrogen (secondary N) is 1. The molecule has 216 valence electrons. The number of carbonyl (C=O) groups excluding carboxylic acids is 2. The van der Waals surface area contributed by atoms with E-state index in [2.05, 4.69) is 35.4 Å². The Morgan fingerprint density at radius 3 is 2.51 bits per heavy atom. The van der Waals surface area contributed by atoms with Crippen molar-refractivity contribution >= 4 is 29.4 Å². The number of fused-ring (bicyclic) bond motifs is 1. The Balaban J connectivity index is 1.52. The van der Waals surface area contributed by atoms with Crippen molar-refractivity contribution in [1.82, 2.24) is 20.1 Å². The lowest BCUT2D eigenvalue weighted by Crippen LogP contribution is -2.42. The minimum absolute atomic E-state index is 0.157. The van der Waals surface area contributed by atoms with E-state index in [9.17, 15) is 9.59 Å². The fourth-order valence-electron chi connectivity index (χ4n) is 5.22. The van der Waals surface area contributed by atoms with Crippen LogP contribution in [0.5, 0.6) is 5.75 Å². The number of thioether (sulfide) groups is 1. The Labute approximate surface area is 254 Å². The first-order valence-electron chi connectivity index (χ1n) is 14.0. The van der Waals surface area contributed by atoms with Crippen LogP contribution in [0.25, 0.3) is 16.9 Å². The zero-order chi connectivity index (χ0) is 29.8. The summed E-state index contributed by atoms with van der Waals surface area (Å²) in [7, 11) is 1.62. The van der Waals surface area contributed by atoms with Crippen LogP contribution < -0.4 is 15.0 Å². The van der Waals surface area contributed by atoms with Gasteiger partial charge in [0.1, 0.15) is 18.1 Å². The molecule has 43 heavy (non-hydrogen) atoms. The average Bonchev–Trinajstić information content (AvgIpc) is 3.37. The van der Waals surface area contributed by atoms with Gasteiger partial charge in [0.05, 0.1) is 41.7 Å². The van der Waals surface area contributed by atoms with Crippen LogP contribution in [-0.4, -0.2) is 46.0 Å². The van der Waals surface area contributed by atoms with Gasteiger partial charge >= 0.3 is 0 Å². The van der Waals surface area contributed by atoms with Crippen LogP contribution in [0.4, 0.5) is 5.82 Å². The topological polar surface area (TPSA) is 89.3 Å². The molecular weight excluding hydrogens is 558 g/mol. The summed E-state index contributed by atoms with van der Waals surface area (Å²) in [4.78, 5) is 33.2. The average molecular weight is 590 g/mol. The molecule has 6 rings (SSSR count). The lowest BCUT2D eigenvalue weighted by atomic mass is 9.98. The summed E-state index contributed by atoms with van der Waals surface area (Å²) in [5.41, 5.74) is 6.28. The number of methoxy groups -OCH3 is 1. The highest BCUT2D eigenvalue weighted by Gasteiger charge is 2.37. The Bertz CT molecular complexity index is 1740. The number of aryl methyl sites for hydroxylation is 1. The molecule has 0 radical (unpaired) electrons. The van der Waals surface area contributed by atoms with Gasteiger partial charge in [-0.25, -0.2) is 4.68 Å².